The second-order valence-electron chi connectivity index (χ2n) is 7.04. The molecule has 9 nitrogen and oxygen atoms in total. The summed E-state index contributed by atoms with van der Waals surface area (Å²) in [6, 6.07) is 11.2. The largest absolute Gasteiger partial charge is 0.491 e. The lowest BCUT2D eigenvalue weighted by molar-refractivity contribution is -0.384. The number of ether oxygens (including phenoxy) is 1. The predicted molar refractivity (Wildman–Crippen MR) is 114 cm³/mol. The first-order valence-corrected chi connectivity index (χ1v) is 11.1. The van der Waals surface area contributed by atoms with Crippen LogP contribution in [0.25, 0.3) is 0 Å². The molecular formula is C20H25N3O6S. The number of carbonyl (C=O) groups is 1. The highest BCUT2D eigenvalue weighted by Crippen LogP contribution is 2.25. The van der Waals surface area contributed by atoms with Crippen LogP contribution in [0.5, 0.6) is 5.75 Å². The van der Waals surface area contributed by atoms with Crippen molar-refractivity contribution >= 4 is 27.3 Å². The Labute approximate surface area is 175 Å². The standard InChI is InChI=1S/C20H25N3O6S/c1-14(2)29-19-10-8-16(9-11-19)13-21-20(24)15(3)22(30(4,27)28)17-6-5-7-18(12-17)23(25)26/h5-12,14-15H,13H2,1-4H3,(H,21,24). The Hall–Kier alpha value is -3.14. The molecule has 0 aromatic heterocycles. The van der Waals surface area contributed by atoms with Gasteiger partial charge in [-0.1, -0.05) is 18.2 Å². The van der Waals surface area contributed by atoms with Gasteiger partial charge in [-0.05, 0) is 44.5 Å². The number of amides is 1. The number of benzene rings is 2. The SMILES string of the molecule is CC(C)Oc1ccc(CNC(=O)C(C)N(c2cccc([N+](=O)[O-])c2)S(C)(=O)=O)cc1. The molecule has 1 unspecified atom stereocenters. The minimum Gasteiger partial charge on any atom is -0.491 e. The Bertz CT molecular complexity index is 1010. The fourth-order valence-corrected chi connectivity index (χ4v) is 4.01. The van der Waals surface area contributed by atoms with Crippen LogP contribution < -0.4 is 14.4 Å². The maximum Gasteiger partial charge on any atom is 0.271 e. The van der Waals surface area contributed by atoms with E-state index >= 15 is 0 Å². The van der Waals surface area contributed by atoms with Crippen molar-refractivity contribution in [2.75, 3.05) is 10.6 Å². The second-order valence-corrected chi connectivity index (χ2v) is 8.90. The number of rotatable bonds is 9. The first-order valence-electron chi connectivity index (χ1n) is 9.26. The summed E-state index contributed by atoms with van der Waals surface area (Å²) in [6.07, 6.45) is 0.996. The van der Waals surface area contributed by atoms with Crippen LogP contribution in [0.3, 0.4) is 0 Å². The lowest BCUT2D eigenvalue weighted by atomic mass is 10.2. The van der Waals surface area contributed by atoms with Crippen molar-refractivity contribution in [3.05, 3.63) is 64.2 Å². The summed E-state index contributed by atoms with van der Waals surface area (Å²) in [7, 11) is -3.87. The summed E-state index contributed by atoms with van der Waals surface area (Å²) in [5, 5.41) is 13.7. The Morgan fingerprint density at radius 2 is 1.80 bits per heavy atom. The van der Waals surface area contributed by atoms with E-state index in [1.165, 1.54) is 25.1 Å². The van der Waals surface area contributed by atoms with Gasteiger partial charge in [0.1, 0.15) is 11.8 Å². The average molecular weight is 436 g/mol. The monoisotopic (exact) mass is 435 g/mol. The molecule has 0 heterocycles. The molecule has 2 aromatic carbocycles. The number of sulfonamides is 1. The van der Waals surface area contributed by atoms with Gasteiger partial charge >= 0.3 is 0 Å². The van der Waals surface area contributed by atoms with Gasteiger partial charge in [0.05, 0.1) is 23.0 Å². The van der Waals surface area contributed by atoms with Gasteiger partial charge < -0.3 is 10.1 Å². The third-order valence-corrected chi connectivity index (χ3v) is 5.39. The fraction of sp³-hybridized carbons (Fsp3) is 0.350. The highest BCUT2D eigenvalue weighted by Gasteiger charge is 2.29. The van der Waals surface area contributed by atoms with Gasteiger partial charge in [-0.2, -0.15) is 0 Å². The normalized spacial score (nSPS) is 12.3. The molecule has 0 aliphatic rings. The second kappa shape index (κ2) is 9.57. The van der Waals surface area contributed by atoms with E-state index in [1.807, 2.05) is 13.8 Å². The molecule has 0 radical (unpaired) electrons. The number of nitro groups is 1. The zero-order chi connectivity index (χ0) is 22.5. The van der Waals surface area contributed by atoms with Gasteiger partial charge in [-0.15, -0.1) is 0 Å². The van der Waals surface area contributed by atoms with Crippen LogP contribution in [-0.4, -0.2) is 37.6 Å². The zero-order valence-corrected chi connectivity index (χ0v) is 18.0. The molecular weight excluding hydrogens is 410 g/mol. The number of nitro benzene ring substituents is 1. The number of nitrogens with zero attached hydrogens (tertiary/aromatic N) is 2. The van der Waals surface area contributed by atoms with Gasteiger partial charge in [0.15, 0.2) is 0 Å². The molecule has 2 rings (SSSR count). The van der Waals surface area contributed by atoms with Gasteiger partial charge in [-0.25, -0.2) is 8.42 Å². The highest BCUT2D eigenvalue weighted by molar-refractivity contribution is 7.92. The highest BCUT2D eigenvalue weighted by atomic mass is 32.2. The van der Waals surface area contributed by atoms with Crippen LogP contribution >= 0.6 is 0 Å². The molecule has 2 aromatic rings. The van der Waals surface area contributed by atoms with E-state index in [9.17, 15) is 23.3 Å². The maximum atomic E-state index is 12.6. The van der Waals surface area contributed by atoms with E-state index in [2.05, 4.69) is 5.32 Å². The van der Waals surface area contributed by atoms with Crippen molar-refractivity contribution in [3.8, 4) is 5.75 Å². The number of non-ortho nitro benzene ring substituents is 1. The van der Waals surface area contributed by atoms with Gasteiger partial charge in [0, 0.05) is 18.7 Å². The summed E-state index contributed by atoms with van der Waals surface area (Å²) in [5.74, 6) is 0.178. The number of nitrogens with one attached hydrogen (secondary N) is 1. The molecule has 0 aliphatic heterocycles. The van der Waals surface area contributed by atoms with Crippen LogP contribution in [0.2, 0.25) is 0 Å². The number of hydrogen-bond donors (Lipinski definition) is 1. The lowest BCUT2D eigenvalue weighted by Gasteiger charge is -2.28. The Morgan fingerprint density at radius 1 is 1.17 bits per heavy atom. The lowest BCUT2D eigenvalue weighted by Crippen LogP contribution is -2.47. The Kier molecular flexibility index (Phi) is 7.38. The van der Waals surface area contributed by atoms with Crippen molar-refractivity contribution < 1.29 is 22.9 Å². The number of carbonyl (C=O) groups excluding carboxylic acids is 1. The molecule has 10 heteroatoms. The predicted octanol–water partition coefficient (Wildman–Crippen LogP) is 2.85. The Morgan fingerprint density at radius 3 is 2.33 bits per heavy atom. The van der Waals surface area contributed by atoms with E-state index in [0.717, 1.165) is 22.2 Å². The smallest absolute Gasteiger partial charge is 0.271 e. The number of hydrogen-bond acceptors (Lipinski definition) is 6. The minimum absolute atomic E-state index is 0.0459. The van der Waals surface area contributed by atoms with Crippen molar-refractivity contribution in [3.63, 3.8) is 0 Å². The summed E-state index contributed by atoms with van der Waals surface area (Å²) in [4.78, 5) is 23.0. The quantitative estimate of drug-likeness (QED) is 0.478. The van der Waals surface area contributed by atoms with Crippen molar-refractivity contribution in [1.82, 2.24) is 5.32 Å². The molecule has 0 bridgehead atoms. The third-order valence-electron chi connectivity index (χ3n) is 4.15. The van der Waals surface area contributed by atoms with Crippen LogP contribution in [-0.2, 0) is 21.4 Å². The minimum atomic E-state index is -3.87. The van der Waals surface area contributed by atoms with Crippen LogP contribution in [0.4, 0.5) is 11.4 Å². The maximum absolute atomic E-state index is 12.6. The van der Waals surface area contributed by atoms with E-state index < -0.39 is 26.9 Å². The van der Waals surface area contributed by atoms with Gasteiger partial charge in [-0.3, -0.25) is 19.2 Å². The first kappa shape index (κ1) is 23.1. The molecule has 0 fully saturated rings. The molecule has 1 N–H and O–H groups in total. The van der Waals surface area contributed by atoms with E-state index in [0.29, 0.717) is 5.75 Å². The van der Waals surface area contributed by atoms with Crippen LogP contribution in [0, 0.1) is 10.1 Å². The first-order chi connectivity index (χ1) is 14.0. The Balaban J connectivity index is 2.14. The summed E-state index contributed by atoms with van der Waals surface area (Å²) in [5.41, 5.74) is 0.593. The summed E-state index contributed by atoms with van der Waals surface area (Å²) in [6.45, 7) is 5.46. The van der Waals surface area contributed by atoms with Gasteiger partial charge in [0.2, 0.25) is 15.9 Å². The molecule has 162 valence electrons. The van der Waals surface area contributed by atoms with E-state index in [4.69, 9.17) is 4.74 Å². The molecule has 0 saturated carbocycles. The molecule has 1 amide bonds. The fourth-order valence-electron chi connectivity index (χ4n) is 2.85. The topological polar surface area (TPSA) is 119 Å². The van der Waals surface area contributed by atoms with Gasteiger partial charge in [0.25, 0.3) is 5.69 Å². The molecule has 0 spiro atoms. The van der Waals surface area contributed by atoms with Crippen molar-refractivity contribution in [2.45, 2.75) is 39.5 Å². The average Bonchev–Trinajstić information content (AvgIpc) is 2.66. The van der Waals surface area contributed by atoms with Crippen molar-refractivity contribution in [2.24, 2.45) is 0 Å². The van der Waals surface area contributed by atoms with E-state index in [1.54, 1.807) is 24.3 Å². The van der Waals surface area contributed by atoms with Crippen LogP contribution in [0.1, 0.15) is 26.3 Å². The molecule has 30 heavy (non-hydrogen) atoms. The van der Waals surface area contributed by atoms with Crippen molar-refractivity contribution in [1.29, 1.82) is 0 Å². The molecule has 0 saturated heterocycles. The third kappa shape index (κ3) is 6.18. The van der Waals surface area contributed by atoms with Crippen LogP contribution in [0.15, 0.2) is 48.5 Å². The molecule has 0 aliphatic carbocycles. The number of anilines is 1. The summed E-state index contributed by atoms with van der Waals surface area (Å²) < 4.78 is 31.1. The zero-order valence-electron chi connectivity index (χ0n) is 17.2. The summed E-state index contributed by atoms with van der Waals surface area (Å²) >= 11 is 0. The van der Waals surface area contributed by atoms with E-state index in [-0.39, 0.29) is 24.0 Å². The molecule has 1 atom stereocenters.